The van der Waals surface area contributed by atoms with E-state index in [4.69, 9.17) is 4.74 Å². The third kappa shape index (κ3) is 3.31. The molecule has 128 valence electrons. The number of fused-ring (bicyclic) bond motifs is 1. The zero-order valence-corrected chi connectivity index (χ0v) is 12.7. The van der Waals surface area contributed by atoms with Crippen LogP contribution in [0.25, 0.3) is 23.0 Å². The van der Waals surface area contributed by atoms with Crippen molar-refractivity contribution in [3.63, 3.8) is 0 Å². The van der Waals surface area contributed by atoms with E-state index in [1.54, 1.807) is 16.6 Å². The van der Waals surface area contributed by atoms with Crippen LogP contribution in [0.5, 0.6) is 5.75 Å². The Morgan fingerprint density at radius 1 is 1.04 bits per heavy atom. The Kier molecular flexibility index (Phi) is 3.65. The van der Waals surface area contributed by atoms with Gasteiger partial charge in [0.05, 0.1) is 18.9 Å². The number of hydrogen-bond acceptors (Lipinski definition) is 5. The van der Waals surface area contributed by atoms with Crippen molar-refractivity contribution in [2.75, 3.05) is 13.2 Å². The van der Waals surface area contributed by atoms with Gasteiger partial charge < -0.3 is 9.47 Å². The molecule has 4 rings (SSSR count). The fraction of sp³-hybridized carbons (Fsp3) is 0.188. The van der Waals surface area contributed by atoms with Crippen molar-refractivity contribution in [1.29, 1.82) is 0 Å². The molecule has 1 aliphatic heterocycles. The summed E-state index contributed by atoms with van der Waals surface area (Å²) < 4.78 is 47.2. The maximum atomic E-state index is 12.2. The molecule has 0 amide bonds. The van der Waals surface area contributed by atoms with Crippen LogP contribution >= 0.6 is 0 Å². The second-order valence-electron chi connectivity index (χ2n) is 5.41. The first-order valence-electron chi connectivity index (χ1n) is 7.34. The molecule has 1 aromatic carbocycles. The lowest BCUT2D eigenvalue weighted by Gasteiger charge is -2.16. The van der Waals surface area contributed by atoms with Crippen LogP contribution < -0.4 is 4.74 Å². The Labute approximate surface area is 139 Å². The lowest BCUT2D eigenvalue weighted by Crippen LogP contribution is -2.16. The molecule has 2 aromatic heterocycles. The van der Waals surface area contributed by atoms with Gasteiger partial charge in [0.2, 0.25) is 0 Å². The first-order chi connectivity index (χ1) is 12.0. The van der Waals surface area contributed by atoms with E-state index in [0.717, 1.165) is 5.57 Å². The maximum Gasteiger partial charge on any atom is 0.573 e. The van der Waals surface area contributed by atoms with Gasteiger partial charge in [0.1, 0.15) is 5.75 Å². The smallest absolute Gasteiger partial charge is 0.406 e. The van der Waals surface area contributed by atoms with Crippen LogP contribution in [-0.2, 0) is 4.74 Å². The normalized spacial score (nSPS) is 14.4. The molecule has 0 saturated carbocycles. The minimum absolute atomic E-state index is 0.281. The van der Waals surface area contributed by atoms with Gasteiger partial charge in [-0.1, -0.05) is 0 Å². The van der Waals surface area contributed by atoms with E-state index in [-0.39, 0.29) is 5.75 Å². The van der Waals surface area contributed by atoms with Crippen LogP contribution in [0, 0.1) is 0 Å². The van der Waals surface area contributed by atoms with Gasteiger partial charge in [0.25, 0.3) is 0 Å². The van der Waals surface area contributed by atoms with E-state index >= 15 is 0 Å². The summed E-state index contributed by atoms with van der Waals surface area (Å²) >= 11 is 0. The molecule has 1 saturated heterocycles. The molecule has 0 N–H and O–H groups in total. The van der Waals surface area contributed by atoms with E-state index in [2.05, 4.69) is 20.0 Å². The maximum absolute atomic E-state index is 12.2. The van der Waals surface area contributed by atoms with Crippen LogP contribution in [0.1, 0.15) is 5.82 Å². The van der Waals surface area contributed by atoms with Gasteiger partial charge in [0, 0.05) is 5.56 Å². The Bertz CT molecular complexity index is 942. The van der Waals surface area contributed by atoms with Crippen LogP contribution in [0.2, 0.25) is 0 Å². The monoisotopic (exact) mass is 348 g/mol. The average molecular weight is 348 g/mol. The van der Waals surface area contributed by atoms with Gasteiger partial charge in [-0.15, -0.1) is 23.4 Å². The largest absolute Gasteiger partial charge is 0.573 e. The van der Waals surface area contributed by atoms with Gasteiger partial charge in [-0.25, -0.2) is 0 Å². The first kappa shape index (κ1) is 15.6. The molecule has 0 radical (unpaired) electrons. The summed E-state index contributed by atoms with van der Waals surface area (Å²) in [5, 5.41) is 12.6. The third-order valence-electron chi connectivity index (χ3n) is 3.58. The predicted octanol–water partition coefficient (Wildman–Crippen LogP) is 3.10. The second-order valence-corrected chi connectivity index (χ2v) is 5.41. The minimum atomic E-state index is -4.71. The standard InChI is InChI=1S/C16H11F3N4O2/c17-16(18,19)25-12-3-1-11(2-4-12)13-5-6-14-20-21-15(23(14)22-13)7-10-8-24-9-10/h1-7H,8-9H2. The fourth-order valence-corrected chi connectivity index (χ4v) is 2.36. The van der Waals surface area contributed by atoms with E-state index in [0.29, 0.717) is 35.9 Å². The topological polar surface area (TPSA) is 61.5 Å². The molecule has 0 unspecified atom stereocenters. The van der Waals surface area contributed by atoms with E-state index in [9.17, 15) is 13.2 Å². The Morgan fingerprint density at radius 2 is 1.80 bits per heavy atom. The van der Waals surface area contributed by atoms with Crippen LogP contribution in [-0.4, -0.2) is 39.4 Å². The molecule has 1 fully saturated rings. The van der Waals surface area contributed by atoms with Gasteiger partial charge in [-0.3, -0.25) is 0 Å². The molecule has 0 spiro atoms. The van der Waals surface area contributed by atoms with Crippen molar-refractivity contribution in [3.8, 4) is 17.0 Å². The number of hydrogen-bond donors (Lipinski definition) is 0. The highest BCUT2D eigenvalue weighted by molar-refractivity contribution is 5.62. The molecular weight excluding hydrogens is 337 g/mol. The number of halogens is 3. The summed E-state index contributed by atoms with van der Waals surface area (Å²) in [7, 11) is 0. The van der Waals surface area contributed by atoms with Crippen LogP contribution in [0.15, 0.2) is 42.0 Å². The highest BCUT2D eigenvalue weighted by Crippen LogP contribution is 2.26. The molecule has 0 aliphatic carbocycles. The zero-order chi connectivity index (χ0) is 17.4. The molecule has 6 nitrogen and oxygen atoms in total. The van der Waals surface area contributed by atoms with E-state index < -0.39 is 6.36 Å². The molecular formula is C16H11F3N4O2. The number of alkyl halides is 3. The van der Waals surface area contributed by atoms with Crippen molar-refractivity contribution >= 4 is 11.7 Å². The van der Waals surface area contributed by atoms with Gasteiger partial charge in [0.15, 0.2) is 11.5 Å². The molecule has 3 heterocycles. The summed E-state index contributed by atoms with van der Waals surface area (Å²) in [4.78, 5) is 0. The summed E-state index contributed by atoms with van der Waals surface area (Å²) in [5.41, 5.74) is 2.90. The second kappa shape index (κ2) is 5.85. The van der Waals surface area contributed by atoms with Crippen molar-refractivity contribution < 1.29 is 22.6 Å². The summed E-state index contributed by atoms with van der Waals surface area (Å²) in [6.07, 6.45) is -2.85. The average Bonchev–Trinajstić information content (AvgIpc) is 2.92. The SMILES string of the molecule is FC(F)(F)Oc1ccc(-c2ccc3nnc(C=C4COC4)n3n2)cc1. The van der Waals surface area contributed by atoms with Crippen molar-refractivity contribution in [3.05, 3.63) is 47.8 Å². The molecule has 25 heavy (non-hydrogen) atoms. The Morgan fingerprint density at radius 3 is 2.44 bits per heavy atom. The van der Waals surface area contributed by atoms with Crippen LogP contribution in [0.4, 0.5) is 13.2 Å². The number of nitrogens with zero attached hydrogens (tertiary/aromatic N) is 4. The van der Waals surface area contributed by atoms with E-state index in [1.807, 2.05) is 6.08 Å². The molecule has 0 bridgehead atoms. The van der Waals surface area contributed by atoms with Crippen LogP contribution in [0.3, 0.4) is 0 Å². The molecule has 0 atom stereocenters. The fourth-order valence-electron chi connectivity index (χ4n) is 2.36. The summed E-state index contributed by atoms with van der Waals surface area (Å²) in [5.74, 6) is 0.296. The number of rotatable bonds is 3. The van der Waals surface area contributed by atoms with Crippen molar-refractivity contribution in [1.82, 2.24) is 19.8 Å². The first-order valence-corrected chi connectivity index (χ1v) is 7.34. The highest BCUT2D eigenvalue weighted by Gasteiger charge is 2.31. The summed E-state index contributed by atoms with van der Waals surface area (Å²) in [6, 6.07) is 8.99. The van der Waals surface area contributed by atoms with Crippen molar-refractivity contribution in [2.45, 2.75) is 6.36 Å². The van der Waals surface area contributed by atoms with Gasteiger partial charge in [-0.05, 0) is 48.0 Å². The Balaban J connectivity index is 1.66. The summed E-state index contributed by atoms with van der Waals surface area (Å²) in [6.45, 7) is 1.13. The molecule has 3 aromatic rings. The van der Waals surface area contributed by atoms with E-state index in [1.165, 1.54) is 24.3 Å². The molecule has 9 heteroatoms. The number of benzene rings is 1. The Hall–Kier alpha value is -2.94. The molecule has 1 aliphatic rings. The number of aromatic nitrogens is 4. The predicted molar refractivity (Wildman–Crippen MR) is 81.7 cm³/mol. The highest BCUT2D eigenvalue weighted by atomic mass is 19.4. The lowest BCUT2D eigenvalue weighted by atomic mass is 10.1. The lowest BCUT2D eigenvalue weighted by molar-refractivity contribution is -0.274. The minimum Gasteiger partial charge on any atom is -0.406 e. The van der Waals surface area contributed by atoms with Gasteiger partial charge >= 0.3 is 6.36 Å². The quantitative estimate of drug-likeness (QED) is 0.728. The third-order valence-corrected chi connectivity index (χ3v) is 3.58. The zero-order valence-electron chi connectivity index (χ0n) is 12.7. The van der Waals surface area contributed by atoms with Gasteiger partial charge in [-0.2, -0.15) is 9.61 Å². The number of ether oxygens (including phenoxy) is 2. The van der Waals surface area contributed by atoms with Crippen molar-refractivity contribution in [2.24, 2.45) is 0 Å².